The van der Waals surface area contributed by atoms with Crippen molar-refractivity contribution in [3.8, 4) is 0 Å². The first-order valence-electron chi connectivity index (χ1n) is 4.61. The highest BCUT2D eigenvalue weighted by Gasteiger charge is 2.19. The van der Waals surface area contributed by atoms with Crippen LogP contribution in [0.15, 0.2) is 29.4 Å². The number of para-hydroxylation sites is 2. The van der Waals surface area contributed by atoms with Crippen LogP contribution in [0.2, 0.25) is 0 Å². The smallest absolute Gasteiger partial charge is 0.169 e. The Morgan fingerprint density at radius 1 is 1.40 bits per heavy atom. The van der Waals surface area contributed by atoms with E-state index in [0.717, 1.165) is 21.9 Å². The van der Waals surface area contributed by atoms with E-state index in [9.17, 15) is 5.11 Å². The van der Waals surface area contributed by atoms with Crippen LogP contribution >= 0.6 is 24.2 Å². The van der Waals surface area contributed by atoms with Crippen LogP contribution in [0.25, 0.3) is 11.0 Å². The standard InChI is InChI=1S/C10H10N2OS.ClH/c13-7-5-12-9-4-2-1-3-8(9)11-10(12)14-6-7;/h1-4,7,13H,5-6H2;1H. The topological polar surface area (TPSA) is 38.1 Å². The van der Waals surface area contributed by atoms with Crippen molar-refractivity contribution in [3.05, 3.63) is 24.3 Å². The van der Waals surface area contributed by atoms with E-state index < -0.39 is 0 Å². The summed E-state index contributed by atoms with van der Waals surface area (Å²) in [4.78, 5) is 4.50. The van der Waals surface area contributed by atoms with E-state index in [0.29, 0.717) is 6.54 Å². The highest BCUT2D eigenvalue weighted by Crippen LogP contribution is 2.28. The van der Waals surface area contributed by atoms with Gasteiger partial charge in [0.25, 0.3) is 0 Å². The maximum absolute atomic E-state index is 9.56. The Kier molecular flexibility index (Phi) is 2.91. The normalized spacial score (nSPS) is 19.7. The molecule has 1 aliphatic rings. The van der Waals surface area contributed by atoms with E-state index in [1.807, 2.05) is 24.3 Å². The van der Waals surface area contributed by atoms with Gasteiger partial charge in [0.15, 0.2) is 5.16 Å². The Morgan fingerprint density at radius 2 is 2.20 bits per heavy atom. The molecule has 0 saturated carbocycles. The summed E-state index contributed by atoms with van der Waals surface area (Å²) in [6, 6.07) is 8.05. The number of hydrogen-bond donors (Lipinski definition) is 1. The van der Waals surface area contributed by atoms with E-state index in [2.05, 4.69) is 9.55 Å². The molecule has 15 heavy (non-hydrogen) atoms. The van der Waals surface area contributed by atoms with Crippen LogP contribution in [0.3, 0.4) is 0 Å². The van der Waals surface area contributed by atoms with Crippen molar-refractivity contribution in [3.63, 3.8) is 0 Å². The molecule has 0 spiro atoms. The molecule has 0 radical (unpaired) electrons. The summed E-state index contributed by atoms with van der Waals surface area (Å²) in [7, 11) is 0. The van der Waals surface area contributed by atoms with Gasteiger partial charge in [0.2, 0.25) is 0 Å². The van der Waals surface area contributed by atoms with Gasteiger partial charge in [-0.15, -0.1) is 12.4 Å². The van der Waals surface area contributed by atoms with Gasteiger partial charge in [0.05, 0.1) is 23.7 Å². The molecule has 0 saturated heterocycles. The average Bonchev–Trinajstić information content (AvgIpc) is 2.56. The van der Waals surface area contributed by atoms with Crippen molar-refractivity contribution in [2.75, 3.05) is 5.75 Å². The van der Waals surface area contributed by atoms with Gasteiger partial charge >= 0.3 is 0 Å². The summed E-state index contributed by atoms with van der Waals surface area (Å²) in [6.07, 6.45) is -0.245. The number of fused-ring (bicyclic) bond motifs is 3. The molecule has 1 aromatic heterocycles. The Labute approximate surface area is 97.9 Å². The van der Waals surface area contributed by atoms with Crippen LogP contribution in [-0.4, -0.2) is 26.5 Å². The molecule has 1 unspecified atom stereocenters. The third-order valence-corrected chi connectivity index (χ3v) is 3.54. The van der Waals surface area contributed by atoms with Crippen molar-refractivity contribution in [1.29, 1.82) is 0 Å². The van der Waals surface area contributed by atoms with Gasteiger partial charge in [-0.3, -0.25) is 0 Å². The SMILES string of the molecule is Cl.OC1CSc2nc3ccccc3n2C1. The molecular weight excluding hydrogens is 232 g/mol. The molecule has 5 heteroatoms. The molecule has 1 aliphatic heterocycles. The average molecular weight is 243 g/mol. The molecule has 1 aromatic carbocycles. The fraction of sp³-hybridized carbons (Fsp3) is 0.300. The van der Waals surface area contributed by atoms with E-state index in [4.69, 9.17) is 0 Å². The van der Waals surface area contributed by atoms with Crippen LogP contribution in [-0.2, 0) is 6.54 Å². The molecule has 0 amide bonds. The zero-order valence-electron chi connectivity index (χ0n) is 7.96. The number of halogens is 1. The van der Waals surface area contributed by atoms with Crippen molar-refractivity contribution < 1.29 is 5.11 Å². The maximum Gasteiger partial charge on any atom is 0.169 e. The van der Waals surface area contributed by atoms with Crippen molar-refractivity contribution >= 4 is 35.2 Å². The Hall–Kier alpha value is -0.710. The summed E-state index contributed by atoms with van der Waals surface area (Å²) in [6.45, 7) is 0.669. The van der Waals surface area contributed by atoms with Crippen LogP contribution < -0.4 is 0 Å². The van der Waals surface area contributed by atoms with Gasteiger partial charge in [0.1, 0.15) is 0 Å². The van der Waals surface area contributed by atoms with E-state index in [1.165, 1.54) is 0 Å². The lowest BCUT2D eigenvalue weighted by atomic mass is 10.3. The van der Waals surface area contributed by atoms with Crippen molar-refractivity contribution in [2.45, 2.75) is 17.8 Å². The van der Waals surface area contributed by atoms with Gasteiger partial charge < -0.3 is 9.67 Å². The van der Waals surface area contributed by atoms with Crippen molar-refractivity contribution in [2.24, 2.45) is 0 Å². The van der Waals surface area contributed by atoms with E-state index >= 15 is 0 Å². The predicted molar refractivity (Wildman–Crippen MR) is 63.7 cm³/mol. The number of thioether (sulfide) groups is 1. The third-order valence-electron chi connectivity index (χ3n) is 2.42. The highest BCUT2D eigenvalue weighted by atomic mass is 35.5. The number of benzene rings is 1. The summed E-state index contributed by atoms with van der Waals surface area (Å²) in [5, 5.41) is 10.6. The quantitative estimate of drug-likeness (QED) is 0.767. The minimum Gasteiger partial charge on any atom is -0.390 e. The van der Waals surface area contributed by atoms with Gasteiger partial charge in [-0.2, -0.15) is 0 Å². The number of aliphatic hydroxyl groups is 1. The molecule has 0 aliphatic carbocycles. The summed E-state index contributed by atoms with van der Waals surface area (Å²) < 4.78 is 2.09. The zero-order chi connectivity index (χ0) is 9.54. The molecule has 0 bridgehead atoms. The molecule has 0 fully saturated rings. The fourth-order valence-electron chi connectivity index (χ4n) is 1.77. The lowest BCUT2D eigenvalue weighted by molar-refractivity contribution is 0.172. The largest absolute Gasteiger partial charge is 0.390 e. The molecule has 2 aromatic rings. The molecule has 1 atom stereocenters. The lowest BCUT2D eigenvalue weighted by Crippen LogP contribution is -2.23. The first-order valence-corrected chi connectivity index (χ1v) is 5.59. The number of aliphatic hydroxyl groups excluding tert-OH is 1. The van der Waals surface area contributed by atoms with Gasteiger partial charge in [-0.25, -0.2) is 4.98 Å². The second-order valence-electron chi connectivity index (χ2n) is 3.46. The number of aromatic nitrogens is 2. The lowest BCUT2D eigenvalue weighted by Gasteiger charge is -2.18. The maximum atomic E-state index is 9.56. The number of rotatable bonds is 0. The molecule has 3 rings (SSSR count). The van der Waals surface area contributed by atoms with Gasteiger partial charge in [-0.05, 0) is 12.1 Å². The highest BCUT2D eigenvalue weighted by molar-refractivity contribution is 7.99. The predicted octanol–water partition coefficient (Wildman–Crippen LogP) is 1.92. The van der Waals surface area contributed by atoms with Crippen LogP contribution in [0.4, 0.5) is 0 Å². The van der Waals surface area contributed by atoms with Crippen LogP contribution in [0.1, 0.15) is 0 Å². The number of imidazole rings is 1. The minimum absolute atomic E-state index is 0. The second-order valence-corrected chi connectivity index (χ2v) is 4.45. The van der Waals surface area contributed by atoms with E-state index in [1.54, 1.807) is 11.8 Å². The number of nitrogens with zero attached hydrogens (tertiary/aromatic N) is 2. The fourth-order valence-corrected chi connectivity index (χ4v) is 2.71. The van der Waals surface area contributed by atoms with Crippen LogP contribution in [0.5, 0.6) is 0 Å². The monoisotopic (exact) mass is 242 g/mol. The molecule has 2 heterocycles. The summed E-state index contributed by atoms with van der Waals surface area (Å²) in [5.74, 6) is 0.753. The molecule has 1 N–H and O–H groups in total. The first kappa shape index (κ1) is 10.8. The minimum atomic E-state index is -0.245. The molecule has 3 nitrogen and oxygen atoms in total. The third kappa shape index (κ3) is 1.73. The van der Waals surface area contributed by atoms with E-state index in [-0.39, 0.29) is 18.5 Å². The van der Waals surface area contributed by atoms with Gasteiger partial charge in [-0.1, -0.05) is 23.9 Å². The molecular formula is C10H11ClN2OS. The van der Waals surface area contributed by atoms with Crippen LogP contribution in [0, 0.1) is 0 Å². The summed E-state index contributed by atoms with van der Waals surface area (Å²) in [5.41, 5.74) is 2.14. The van der Waals surface area contributed by atoms with Gasteiger partial charge in [0, 0.05) is 5.75 Å². The van der Waals surface area contributed by atoms with Crippen molar-refractivity contribution in [1.82, 2.24) is 9.55 Å². The Morgan fingerprint density at radius 3 is 3.07 bits per heavy atom. The Balaban J connectivity index is 0.000000853. The number of hydrogen-bond acceptors (Lipinski definition) is 3. The zero-order valence-corrected chi connectivity index (χ0v) is 9.59. The Bertz CT molecular complexity index is 485. The first-order chi connectivity index (χ1) is 6.84. The molecule has 80 valence electrons. The second kappa shape index (κ2) is 4.04. The summed E-state index contributed by atoms with van der Waals surface area (Å²) >= 11 is 1.62.